The van der Waals surface area contributed by atoms with Crippen molar-refractivity contribution in [2.24, 2.45) is 0 Å². The summed E-state index contributed by atoms with van der Waals surface area (Å²) in [5.74, 6) is 7.12. The minimum Gasteiger partial charge on any atom is -0.497 e. The van der Waals surface area contributed by atoms with Crippen LogP contribution in [-0.4, -0.2) is 44.1 Å². The summed E-state index contributed by atoms with van der Waals surface area (Å²) in [7, 11) is 3.20. The smallest absolute Gasteiger partial charge is 0.333 e. The van der Waals surface area contributed by atoms with E-state index < -0.39 is 12.1 Å². The number of carboxylic acid groups (broad SMARTS) is 1. The number of carboxylic acids is 1. The Labute approximate surface area is 183 Å². The van der Waals surface area contributed by atoms with E-state index in [1.165, 1.54) is 0 Å². The fourth-order valence-electron chi connectivity index (χ4n) is 2.78. The zero-order chi connectivity index (χ0) is 22.6. The van der Waals surface area contributed by atoms with Gasteiger partial charge < -0.3 is 24.1 Å². The minimum atomic E-state index is -0.963. The second-order valence-electron chi connectivity index (χ2n) is 6.68. The van der Waals surface area contributed by atoms with Crippen LogP contribution in [0.4, 0.5) is 0 Å². The van der Waals surface area contributed by atoms with Gasteiger partial charge in [-0.3, -0.25) is 0 Å². The fourth-order valence-corrected chi connectivity index (χ4v) is 2.78. The maximum Gasteiger partial charge on any atom is 0.333 e. The number of carbonyl (C=O) groups is 1. The molecule has 6 heteroatoms. The number of rotatable bonds is 10. The van der Waals surface area contributed by atoms with Crippen LogP contribution in [0.3, 0.4) is 0 Å². The van der Waals surface area contributed by atoms with Gasteiger partial charge in [0.1, 0.15) is 23.4 Å². The molecule has 0 bridgehead atoms. The Morgan fingerprint density at radius 3 is 2.26 bits per heavy atom. The van der Waals surface area contributed by atoms with E-state index in [0.717, 1.165) is 11.1 Å². The maximum atomic E-state index is 11.2. The standard InChI is InChI=1S/C25H28O6/c1-5-30-24(25(26)27)16-19-10-12-21(13-11-19)31-18(2)8-6-7-9-20-14-22(28-3)17-23(15-20)29-4/h6,8,10-15,17-18,24H,5,16H2,1-4H3,(H,26,27). The second-order valence-corrected chi connectivity index (χ2v) is 6.68. The average Bonchev–Trinajstić information content (AvgIpc) is 2.77. The van der Waals surface area contributed by atoms with E-state index in [1.54, 1.807) is 33.3 Å². The van der Waals surface area contributed by atoms with Gasteiger partial charge >= 0.3 is 5.97 Å². The van der Waals surface area contributed by atoms with Crippen molar-refractivity contribution in [3.63, 3.8) is 0 Å². The number of ether oxygens (including phenoxy) is 4. The minimum absolute atomic E-state index is 0.185. The predicted molar refractivity (Wildman–Crippen MR) is 119 cm³/mol. The monoisotopic (exact) mass is 424 g/mol. The number of methoxy groups -OCH3 is 2. The molecule has 0 heterocycles. The van der Waals surface area contributed by atoms with Crippen LogP contribution in [0.25, 0.3) is 0 Å². The van der Waals surface area contributed by atoms with Gasteiger partial charge in [-0.15, -0.1) is 0 Å². The first kappa shape index (κ1) is 23.8. The molecule has 6 nitrogen and oxygen atoms in total. The molecule has 31 heavy (non-hydrogen) atoms. The highest BCUT2D eigenvalue weighted by molar-refractivity contribution is 5.72. The van der Waals surface area contributed by atoms with Gasteiger partial charge in [0.2, 0.25) is 0 Å². The second kappa shape index (κ2) is 12.3. The van der Waals surface area contributed by atoms with E-state index in [2.05, 4.69) is 11.8 Å². The molecule has 0 aliphatic rings. The molecule has 0 aromatic heterocycles. The number of hydrogen-bond donors (Lipinski definition) is 1. The highest BCUT2D eigenvalue weighted by Crippen LogP contribution is 2.21. The lowest BCUT2D eigenvalue weighted by atomic mass is 10.1. The molecule has 2 atom stereocenters. The van der Waals surface area contributed by atoms with Crippen LogP contribution in [0, 0.1) is 11.8 Å². The molecule has 0 fully saturated rings. The third-order valence-corrected chi connectivity index (χ3v) is 4.33. The Balaban J connectivity index is 1.93. The molecule has 0 aliphatic heterocycles. The Kier molecular flexibility index (Phi) is 9.47. The van der Waals surface area contributed by atoms with Crippen LogP contribution < -0.4 is 14.2 Å². The molecule has 2 aromatic rings. The van der Waals surface area contributed by atoms with Crippen LogP contribution in [-0.2, 0) is 16.0 Å². The first-order valence-corrected chi connectivity index (χ1v) is 9.96. The molecular formula is C25H28O6. The van der Waals surface area contributed by atoms with E-state index >= 15 is 0 Å². The van der Waals surface area contributed by atoms with Crippen molar-refractivity contribution in [2.75, 3.05) is 20.8 Å². The summed E-state index contributed by atoms with van der Waals surface area (Å²) < 4.78 is 21.6. The van der Waals surface area contributed by atoms with Gasteiger partial charge in [-0.05, 0) is 55.8 Å². The van der Waals surface area contributed by atoms with Gasteiger partial charge in [-0.1, -0.05) is 24.0 Å². The summed E-state index contributed by atoms with van der Waals surface area (Å²) in [6.45, 7) is 4.05. The third kappa shape index (κ3) is 8.07. The van der Waals surface area contributed by atoms with E-state index in [4.69, 9.17) is 18.9 Å². The SMILES string of the molecule is CCOC(Cc1ccc(OC(C)C=CC#Cc2cc(OC)cc(OC)c2)cc1)C(=O)O. The normalized spacial score (nSPS) is 12.5. The number of aliphatic carboxylic acids is 1. The summed E-state index contributed by atoms with van der Waals surface area (Å²) in [4.78, 5) is 11.2. The molecular weight excluding hydrogens is 396 g/mol. The molecule has 0 saturated heterocycles. The van der Waals surface area contributed by atoms with Crippen LogP contribution in [0.1, 0.15) is 25.0 Å². The van der Waals surface area contributed by atoms with Gasteiger partial charge in [0, 0.05) is 24.7 Å². The van der Waals surface area contributed by atoms with Crippen LogP contribution in [0.15, 0.2) is 54.6 Å². The van der Waals surface area contributed by atoms with Crippen molar-refractivity contribution >= 4 is 5.97 Å². The Hall–Kier alpha value is -3.43. The quantitative estimate of drug-likeness (QED) is 0.579. The van der Waals surface area contributed by atoms with Crippen LogP contribution in [0.5, 0.6) is 17.2 Å². The molecule has 164 valence electrons. The number of hydrogen-bond acceptors (Lipinski definition) is 5. The molecule has 0 spiro atoms. The summed E-state index contributed by atoms with van der Waals surface area (Å²) in [5.41, 5.74) is 1.66. The lowest BCUT2D eigenvalue weighted by Crippen LogP contribution is -2.26. The van der Waals surface area contributed by atoms with E-state index in [1.807, 2.05) is 49.4 Å². The zero-order valence-corrected chi connectivity index (χ0v) is 18.3. The Morgan fingerprint density at radius 2 is 1.71 bits per heavy atom. The molecule has 2 unspecified atom stereocenters. The number of benzene rings is 2. The molecule has 0 radical (unpaired) electrons. The highest BCUT2D eigenvalue weighted by Gasteiger charge is 2.17. The van der Waals surface area contributed by atoms with Gasteiger partial charge in [-0.2, -0.15) is 0 Å². The third-order valence-electron chi connectivity index (χ3n) is 4.33. The molecule has 1 N–H and O–H groups in total. The topological polar surface area (TPSA) is 74.2 Å². The van der Waals surface area contributed by atoms with Crippen LogP contribution in [0.2, 0.25) is 0 Å². The summed E-state index contributed by atoms with van der Waals surface area (Å²) in [5, 5.41) is 9.19. The molecule has 0 amide bonds. The van der Waals surface area contributed by atoms with Gasteiger partial charge in [0.15, 0.2) is 6.10 Å². The van der Waals surface area contributed by atoms with E-state index in [9.17, 15) is 9.90 Å². The van der Waals surface area contributed by atoms with Gasteiger partial charge in [0.25, 0.3) is 0 Å². The summed E-state index contributed by atoms with van der Waals surface area (Å²) >= 11 is 0. The highest BCUT2D eigenvalue weighted by atomic mass is 16.5. The lowest BCUT2D eigenvalue weighted by molar-refractivity contribution is -0.149. The summed E-state index contributed by atoms with van der Waals surface area (Å²) in [6, 6.07) is 12.8. The van der Waals surface area contributed by atoms with Crippen LogP contribution >= 0.6 is 0 Å². The van der Waals surface area contributed by atoms with Crippen molar-refractivity contribution in [2.45, 2.75) is 32.5 Å². The lowest BCUT2D eigenvalue weighted by Gasteiger charge is -2.14. The van der Waals surface area contributed by atoms with Crippen molar-refractivity contribution < 1.29 is 28.8 Å². The fraction of sp³-hybridized carbons (Fsp3) is 0.320. The molecule has 2 aromatic carbocycles. The first-order valence-electron chi connectivity index (χ1n) is 9.96. The molecule has 0 aliphatic carbocycles. The molecule has 2 rings (SSSR count). The summed E-state index contributed by atoms with van der Waals surface area (Å²) in [6.07, 6.45) is 2.87. The molecule has 0 saturated carbocycles. The first-order chi connectivity index (χ1) is 14.9. The average molecular weight is 424 g/mol. The van der Waals surface area contributed by atoms with Gasteiger partial charge in [-0.25, -0.2) is 4.79 Å². The van der Waals surface area contributed by atoms with Crippen molar-refractivity contribution in [1.82, 2.24) is 0 Å². The largest absolute Gasteiger partial charge is 0.497 e. The van der Waals surface area contributed by atoms with Crippen molar-refractivity contribution in [3.05, 3.63) is 65.7 Å². The van der Waals surface area contributed by atoms with Crippen molar-refractivity contribution in [1.29, 1.82) is 0 Å². The number of allylic oxidation sites excluding steroid dienone is 1. The van der Waals surface area contributed by atoms with E-state index in [-0.39, 0.29) is 6.10 Å². The predicted octanol–water partition coefficient (Wildman–Crippen LogP) is 4.11. The van der Waals surface area contributed by atoms with Gasteiger partial charge in [0.05, 0.1) is 14.2 Å². The Morgan fingerprint density at radius 1 is 1.06 bits per heavy atom. The van der Waals surface area contributed by atoms with Crippen molar-refractivity contribution in [3.8, 4) is 29.1 Å². The Bertz CT molecular complexity index is 914. The zero-order valence-electron chi connectivity index (χ0n) is 18.3. The van der Waals surface area contributed by atoms with E-state index in [0.29, 0.717) is 30.3 Å². The maximum absolute atomic E-state index is 11.2.